The van der Waals surface area contributed by atoms with Gasteiger partial charge in [0.05, 0.1) is 16.8 Å². The molecule has 0 bridgehead atoms. The van der Waals surface area contributed by atoms with Crippen LogP contribution in [0, 0.1) is 18.3 Å². The van der Waals surface area contributed by atoms with Gasteiger partial charge in [-0.3, -0.25) is 0 Å². The van der Waals surface area contributed by atoms with E-state index in [1.54, 1.807) is 19.1 Å². The molecule has 2 aromatic carbocycles. The van der Waals surface area contributed by atoms with E-state index in [2.05, 4.69) is 16.3 Å². The number of carbonyl (C=O) groups is 1. The molecule has 0 spiro atoms. The third-order valence-corrected chi connectivity index (χ3v) is 4.69. The van der Waals surface area contributed by atoms with Gasteiger partial charge in [0, 0.05) is 11.7 Å². The van der Waals surface area contributed by atoms with Crippen LogP contribution in [0.1, 0.15) is 34.3 Å². The number of hydrogen-bond donors (Lipinski definition) is 2. The van der Waals surface area contributed by atoms with Gasteiger partial charge in [0.1, 0.15) is 6.07 Å². The van der Waals surface area contributed by atoms with Crippen LogP contribution in [0.4, 0.5) is 11.4 Å². The van der Waals surface area contributed by atoms with Crippen molar-refractivity contribution in [1.82, 2.24) is 5.32 Å². The quantitative estimate of drug-likeness (QED) is 0.895. The average Bonchev–Trinajstić information content (AvgIpc) is 2.64. The minimum absolute atomic E-state index is 0.222. The van der Waals surface area contributed by atoms with Crippen molar-refractivity contribution in [2.24, 2.45) is 0 Å². The number of anilines is 2. The van der Waals surface area contributed by atoms with E-state index in [1.165, 1.54) is 0 Å². The van der Waals surface area contributed by atoms with E-state index in [-0.39, 0.29) is 6.04 Å². The number of para-hydroxylation sites is 1. The number of aromatic carboxylic acids is 1. The minimum atomic E-state index is -0.932. The van der Waals surface area contributed by atoms with Crippen molar-refractivity contribution in [3.8, 4) is 6.07 Å². The van der Waals surface area contributed by atoms with Crippen LogP contribution < -0.4 is 10.2 Å². The molecular weight excluding hydrogens is 314 g/mol. The van der Waals surface area contributed by atoms with Gasteiger partial charge >= 0.3 is 5.97 Å². The fraction of sp³-hybridized carbons (Fsp3) is 0.300. The van der Waals surface area contributed by atoms with Gasteiger partial charge in [0.15, 0.2) is 0 Å². The molecule has 0 amide bonds. The van der Waals surface area contributed by atoms with Gasteiger partial charge in [0.2, 0.25) is 0 Å². The Morgan fingerprint density at radius 2 is 1.96 bits per heavy atom. The zero-order chi connectivity index (χ0) is 17.8. The minimum Gasteiger partial charge on any atom is -0.478 e. The molecule has 5 nitrogen and oxygen atoms in total. The number of aryl methyl sites for hydroxylation is 1. The summed E-state index contributed by atoms with van der Waals surface area (Å²) in [6, 6.07) is 15.5. The maximum atomic E-state index is 11.6. The van der Waals surface area contributed by atoms with Crippen LogP contribution in [0.2, 0.25) is 0 Å². The molecule has 0 saturated carbocycles. The first-order chi connectivity index (χ1) is 12.1. The van der Waals surface area contributed by atoms with Crippen LogP contribution in [0.3, 0.4) is 0 Å². The van der Waals surface area contributed by atoms with Crippen LogP contribution in [-0.2, 0) is 0 Å². The summed E-state index contributed by atoms with van der Waals surface area (Å²) in [4.78, 5) is 13.7. The predicted octanol–water partition coefficient (Wildman–Crippen LogP) is 3.46. The van der Waals surface area contributed by atoms with Crippen LogP contribution in [-0.4, -0.2) is 30.2 Å². The molecule has 2 N–H and O–H groups in total. The van der Waals surface area contributed by atoms with E-state index < -0.39 is 5.97 Å². The maximum absolute atomic E-state index is 11.6. The summed E-state index contributed by atoms with van der Waals surface area (Å²) < 4.78 is 0. The zero-order valence-corrected chi connectivity index (χ0v) is 14.2. The van der Waals surface area contributed by atoms with Crippen molar-refractivity contribution in [2.75, 3.05) is 18.0 Å². The monoisotopic (exact) mass is 335 g/mol. The third kappa shape index (κ3) is 3.49. The van der Waals surface area contributed by atoms with E-state index in [4.69, 9.17) is 0 Å². The predicted molar refractivity (Wildman–Crippen MR) is 97.3 cm³/mol. The van der Waals surface area contributed by atoms with Gasteiger partial charge in [-0.05, 0) is 62.7 Å². The highest BCUT2D eigenvalue weighted by molar-refractivity contribution is 5.91. The number of nitriles is 1. The number of rotatable bonds is 4. The second-order valence-electron chi connectivity index (χ2n) is 6.28. The summed E-state index contributed by atoms with van der Waals surface area (Å²) in [6.07, 6.45) is 1.88. The largest absolute Gasteiger partial charge is 0.478 e. The molecule has 2 aromatic rings. The fourth-order valence-corrected chi connectivity index (χ4v) is 3.38. The van der Waals surface area contributed by atoms with Crippen molar-refractivity contribution < 1.29 is 9.90 Å². The number of piperidine rings is 1. The number of hydrogen-bond acceptors (Lipinski definition) is 4. The first-order valence-corrected chi connectivity index (χ1v) is 8.45. The smallest absolute Gasteiger partial charge is 0.336 e. The van der Waals surface area contributed by atoms with E-state index in [0.717, 1.165) is 42.9 Å². The molecule has 0 aromatic heterocycles. The van der Waals surface area contributed by atoms with Gasteiger partial charge in [-0.25, -0.2) is 4.79 Å². The SMILES string of the molecule is Cc1ccc(N(c2ccccc2C#N)C2CCNCC2)cc1C(=O)O. The lowest BCUT2D eigenvalue weighted by atomic mass is 9.99. The van der Waals surface area contributed by atoms with Crippen LogP contribution in [0.5, 0.6) is 0 Å². The molecule has 3 rings (SSSR count). The lowest BCUT2D eigenvalue weighted by molar-refractivity contribution is 0.0696. The first kappa shape index (κ1) is 17.0. The number of carboxylic acids is 1. The molecule has 1 aliphatic rings. The standard InChI is InChI=1S/C20H21N3O2/c1-14-6-7-17(12-18(14)20(24)25)23(16-8-10-22-11-9-16)19-5-3-2-4-15(19)13-21/h2-7,12,16,22H,8-11H2,1H3,(H,24,25). The Kier molecular flexibility index (Phi) is 5.01. The fourth-order valence-electron chi connectivity index (χ4n) is 3.38. The molecule has 128 valence electrons. The van der Waals surface area contributed by atoms with Gasteiger partial charge in [-0.2, -0.15) is 5.26 Å². The Hall–Kier alpha value is -2.84. The normalized spacial score (nSPS) is 14.7. The molecule has 0 atom stereocenters. The lowest BCUT2D eigenvalue weighted by Crippen LogP contribution is -2.41. The van der Waals surface area contributed by atoms with E-state index in [0.29, 0.717) is 11.1 Å². The molecule has 1 fully saturated rings. The molecule has 25 heavy (non-hydrogen) atoms. The summed E-state index contributed by atoms with van der Waals surface area (Å²) >= 11 is 0. The van der Waals surface area contributed by atoms with E-state index in [9.17, 15) is 15.2 Å². The second-order valence-corrected chi connectivity index (χ2v) is 6.28. The van der Waals surface area contributed by atoms with Crippen molar-refractivity contribution in [1.29, 1.82) is 5.26 Å². The highest BCUT2D eigenvalue weighted by atomic mass is 16.4. The van der Waals surface area contributed by atoms with E-state index in [1.807, 2.05) is 30.3 Å². The maximum Gasteiger partial charge on any atom is 0.336 e. The number of benzene rings is 2. The average molecular weight is 335 g/mol. The van der Waals surface area contributed by atoms with Crippen molar-refractivity contribution >= 4 is 17.3 Å². The third-order valence-electron chi connectivity index (χ3n) is 4.69. The van der Waals surface area contributed by atoms with Gasteiger partial charge in [-0.1, -0.05) is 18.2 Å². The summed E-state index contributed by atoms with van der Waals surface area (Å²) in [5.41, 5.74) is 3.27. The molecule has 5 heteroatoms. The van der Waals surface area contributed by atoms with Crippen molar-refractivity contribution in [3.05, 3.63) is 59.2 Å². The molecule has 0 aliphatic carbocycles. The second kappa shape index (κ2) is 7.37. The summed E-state index contributed by atoms with van der Waals surface area (Å²) in [7, 11) is 0. The zero-order valence-electron chi connectivity index (χ0n) is 14.2. The Balaban J connectivity index is 2.13. The highest BCUT2D eigenvalue weighted by Crippen LogP contribution is 2.34. The molecule has 0 radical (unpaired) electrons. The molecule has 1 heterocycles. The van der Waals surface area contributed by atoms with Crippen LogP contribution in [0.25, 0.3) is 0 Å². The van der Waals surface area contributed by atoms with Crippen molar-refractivity contribution in [3.63, 3.8) is 0 Å². The first-order valence-electron chi connectivity index (χ1n) is 8.45. The summed E-state index contributed by atoms with van der Waals surface area (Å²) in [5.74, 6) is -0.932. The summed E-state index contributed by atoms with van der Waals surface area (Å²) in [6.45, 7) is 3.62. The van der Waals surface area contributed by atoms with Crippen LogP contribution >= 0.6 is 0 Å². The molecular formula is C20H21N3O2. The van der Waals surface area contributed by atoms with Gasteiger partial charge < -0.3 is 15.3 Å². The van der Waals surface area contributed by atoms with Crippen LogP contribution in [0.15, 0.2) is 42.5 Å². The topological polar surface area (TPSA) is 76.4 Å². The Morgan fingerprint density at radius 3 is 2.64 bits per heavy atom. The highest BCUT2D eigenvalue weighted by Gasteiger charge is 2.25. The Bertz CT molecular complexity index is 820. The molecule has 0 unspecified atom stereocenters. The lowest BCUT2D eigenvalue weighted by Gasteiger charge is -2.37. The van der Waals surface area contributed by atoms with Gasteiger partial charge in [0.25, 0.3) is 0 Å². The van der Waals surface area contributed by atoms with Gasteiger partial charge in [-0.15, -0.1) is 0 Å². The number of carboxylic acid groups (broad SMARTS) is 1. The Labute approximate surface area is 147 Å². The number of nitrogens with one attached hydrogen (secondary N) is 1. The van der Waals surface area contributed by atoms with Crippen molar-refractivity contribution in [2.45, 2.75) is 25.8 Å². The number of nitrogens with zero attached hydrogens (tertiary/aromatic N) is 2. The molecule has 1 aliphatic heterocycles. The Morgan fingerprint density at radius 1 is 1.24 bits per heavy atom. The van der Waals surface area contributed by atoms with E-state index >= 15 is 0 Å². The summed E-state index contributed by atoms with van der Waals surface area (Å²) in [5, 5.41) is 22.3. The molecule has 1 saturated heterocycles.